The molecule has 34 heavy (non-hydrogen) atoms. The Bertz CT molecular complexity index is 1250. The highest BCUT2D eigenvalue weighted by atomic mass is 19.1. The number of phenols is 1. The summed E-state index contributed by atoms with van der Waals surface area (Å²) in [5, 5.41) is 10.6. The van der Waals surface area contributed by atoms with Crippen LogP contribution in [0, 0.1) is 5.82 Å². The van der Waals surface area contributed by atoms with Crippen LogP contribution in [0.5, 0.6) is 17.2 Å². The highest BCUT2D eigenvalue weighted by molar-refractivity contribution is 6.15. The summed E-state index contributed by atoms with van der Waals surface area (Å²) in [7, 11) is 1.59. The third-order valence-corrected chi connectivity index (χ3v) is 6.25. The molecule has 0 amide bonds. The fourth-order valence-corrected chi connectivity index (χ4v) is 4.37. The van der Waals surface area contributed by atoms with Gasteiger partial charge in [-0.25, -0.2) is 4.39 Å². The number of piperazine rings is 1. The molecule has 1 saturated heterocycles. The Kier molecular flexibility index (Phi) is 5.94. The number of benzene rings is 3. The van der Waals surface area contributed by atoms with E-state index in [2.05, 4.69) is 9.80 Å². The monoisotopic (exact) mass is 460 g/mol. The zero-order valence-electron chi connectivity index (χ0n) is 18.8. The number of methoxy groups -OCH3 is 1. The van der Waals surface area contributed by atoms with E-state index in [1.807, 2.05) is 24.3 Å². The molecule has 0 unspecified atom stereocenters. The Labute approximate surface area is 197 Å². The summed E-state index contributed by atoms with van der Waals surface area (Å²) in [5.74, 6) is 0.979. The molecule has 0 bridgehead atoms. The number of fused-ring (bicyclic) bond motifs is 1. The number of rotatable bonds is 5. The first-order valence-corrected chi connectivity index (χ1v) is 11.2. The van der Waals surface area contributed by atoms with Gasteiger partial charge in [-0.1, -0.05) is 12.1 Å². The lowest BCUT2D eigenvalue weighted by Crippen LogP contribution is -2.46. The molecule has 2 aliphatic heterocycles. The van der Waals surface area contributed by atoms with E-state index in [0.29, 0.717) is 29.2 Å². The molecular formula is C27H25FN2O4. The summed E-state index contributed by atoms with van der Waals surface area (Å²) in [5.41, 5.74) is 2.84. The van der Waals surface area contributed by atoms with Gasteiger partial charge in [-0.2, -0.15) is 0 Å². The smallest absolute Gasteiger partial charge is 0.231 e. The van der Waals surface area contributed by atoms with Crippen molar-refractivity contribution in [2.75, 3.05) is 38.2 Å². The largest absolute Gasteiger partial charge is 0.507 e. The Hall–Kier alpha value is -3.84. The molecule has 7 heteroatoms. The second kappa shape index (κ2) is 9.19. The normalized spacial score (nSPS) is 17.1. The molecule has 174 valence electrons. The van der Waals surface area contributed by atoms with E-state index in [4.69, 9.17) is 9.47 Å². The molecule has 6 nitrogen and oxygen atoms in total. The van der Waals surface area contributed by atoms with E-state index >= 15 is 0 Å². The van der Waals surface area contributed by atoms with Crippen LogP contribution in [0.2, 0.25) is 0 Å². The lowest BCUT2D eigenvalue weighted by molar-refractivity contribution is 0.101. The van der Waals surface area contributed by atoms with Crippen molar-refractivity contribution in [3.63, 3.8) is 0 Å². The zero-order valence-corrected chi connectivity index (χ0v) is 18.8. The SMILES string of the molecule is COc1cccc(/C=C2\Oc3c(ccc(O)c3CN3CCN(c4ccc(F)cc4)CC3)C2=O)c1. The summed E-state index contributed by atoms with van der Waals surface area (Å²) < 4.78 is 24.5. The predicted octanol–water partition coefficient (Wildman–Crippen LogP) is 4.48. The number of allylic oxidation sites excluding steroid dienone is 1. The van der Waals surface area contributed by atoms with Crippen LogP contribution < -0.4 is 14.4 Å². The zero-order chi connectivity index (χ0) is 23.7. The standard InChI is InChI=1S/C27H25FN2O4/c1-33-21-4-2-3-18(15-21)16-25-26(32)22-9-10-24(31)23(27(22)34-25)17-29-11-13-30(14-12-29)20-7-5-19(28)6-8-20/h2-10,15-16,31H,11-14,17H2,1H3/b25-16-. The minimum absolute atomic E-state index is 0.107. The molecule has 1 N–H and O–H groups in total. The topological polar surface area (TPSA) is 62.2 Å². The molecule has 0 saturated carbocycles. The van der Waals surface area contributed by atoms with Gasteiger partial charge in [-0.05, 0) is 60.2 Å². The molecule has 1 fully saturated rings. The van der Waals surface area contributed by atoms with Crippen molar-refractivity contribution in [2.45, 2.75) is 6.54 Å². The minimum atomic E-state index is -0.245. The number of aromatic hydroxyl groups is 1. The number of ketones is 1. The van der Waals surface area contributed by atoms with Crippen LogP contribution in [0.15, 0.2) is 66.4 Å². The van der Waals surface area contributed by atoms with Crippen molar-refractivity contribution in [2.24, 2.45) is 0 Å². The van der Waals surface area contributed by atoms with E-state index in [0.717, 1.165) is 37.4 Å². The first-order valence-electron chi connectivity index (χ1n) is 11.2. The number of anilines is 1. The molecule has 0 spiro atoms. The van der Waals surface area contributed by atoms with E-state index in [9.17, 15) is 14.3 Å². The lowest BCUT2D eigenvalue weighted by atomic mass is 10.0. The molecule has 0 aliphatic carbocycles. The average molecular weight is 461 g/mol. The molecule has 0 aromatic heterocycles. The molecule has 3 aromatic rings. The Balaban J connectivity index is 1.32. The van der Waals surface area contributed by atoms with Gasteiger partial charge in [0.1, 0.15) is 23.1 Å². The van der Waals surface area contributed by atoms with Crippen molar-refractivity contribution < 1.29 is 23.8 Å². The minimum Gasteiger partial charge on any atom is -0.507 e. The second-order valence-corrected chi connectivity index (χ2v) is 8.40. The van der Waals surface area contributed by atoms with Gasteiger partial charge in [0, 0.05) is 38.4 Å². The molecule has 3 aromatic carbocycles. The van der Waals surface area contributed by atoms with Crippen LogP contribution >= 0.6 is 0 Å². The summed E-state index contributed by atoms with van der Waals surface area (Å²) in [6, 6.07) is 17.1. The molecule has 5 rings (SSSR count). The Morgan fingerprint density at radius 1 is 1.06 bits per heavy atom. The fourth-order valence-electron chi connectivity index (χ4n) is 4.37. The fraction of sp³-hybridized carbons (Fsp3) is 0.222. The molecule has 2 aliphatic rings. The van der Waals surface area contributed by atoms with E-state index in [-0.39, 0.29) is 23.1 Å². The van der Waals surface area contributed by atoms with Gasteiger partial charge in [0.15, 0.2) is 5.76 Å². The number of nitrogens with zero attached hydrogens (tertiary/aromatic N) is 2. The summed E-state index contributed by atoms with van der Waals surface area (Å²) >= 11 is 0. The molecule has 2 heterocycles. The molecular weight excluding hydrogens is 435 g/mol. The number of hydrogen-bond acceptors (Lipinski definition) is 6. The number of carbonyl (C=O) groups excluding carboxylic acids is 1. The number of ether oxygens (including phenoxy) is 2. The van der Waals surface area contributed by atoms with Gasteiger partial charge < -0.3 is 19.5 Å². The van der Waals surface area contributed by atoms with Gasteiger partial charge in [0.05, 0.1) is 18.2 Å². The van der Waals surface area contributed by atoms with Crippen LogP contribution in [0.4, 0.5) is 10.1 Å². The van der Waals surface area contributed by atoms with Gasteiger partial charge >= 0.3 is 0 Å². The van der Waals surface area contributed by atoms with Crippen LogP contribution in [0.3, 0.4) is 0 Å². The van der Waals surface area contributed by atoms with Crippen molar-refractivity contribution in [1.82, 2.24) is 4.90 Å². The van der Waals surface area contributed by atoms with E-state index < -0.39 is 0 Å². The first kappa shape index (κ1) is 22.0. The Morgan fingerprint density at radius 2 is 1.82 bits per heavy atom. The maximum atomic E-state index is 13.2. The van der Waals surface area contributed by atoms with Crippen LogP contribution in [0.25, 0.3) is 6.08 Å². The third kappa shape index (κ3) is 4.34. The number of halogens is 1. The van der Waals surface area contributed by atoms with Crippen molar-refractivity contribution >= 4 is 17.5 Å². The van der Waals surface area contributed by atoms with Gasteiger partial charge in [-0.3, -0.25) is 9.69 Å². The number of carbonyl (C=O) groups is 1. The van der Waals surface area contributed by atoms with E-state index in [1.54, 1.807) is 37.5 Å². The molecule has 0 radical (unpaired) electrons. The second-order valence-electron chi connectivity index (χ2n) is 8.40. The van der Waals surface area contributed by atoms with Gasteiger partial charge in [0.2, 0.25) is 5.78 Å². The van der Waals surface area contributed by atoms with Gasteiger partial charge in [0.25, 0.3) is 0 Å². The highest BCUT2D eigenvalue weighted by Gasteiger charge is 2.32. The summed E-state index contributed by atoms with van der Waals surface area (Å²) in [6.45, 7) is 3.55. The average Bonchev–Trinajstić information content (AvgIpc) is 3.17. The first-order chi connectivity index (χ1) is 16.5. The van der Waals surface area contributed by atoms with Crippen LogP contribution in [0.1, 0.15) is 21.5 Å². The number of hydrogen-bond donors (Lipinski definition) is 1. The summed E-state index contributed by atoms with van der Waals surface area (Å²) in [6.07, 6.45) is 1.69. The van der Waals surface area contributed by atoms with Crippen LogP contribution in [-0.4, -0.2) is 49.1 Å². The number of phenolic OH excluding ortho intramolecular Hbond substituents is 1. The number of Topliss-reactive ketones (excluding diaryl/α,β-unsaturated/α-hetero) is 1. The van der Waals surface area contributed by atoms with Crippen LogP contribution in [-0.2, 0) is 6.54 Å². The maximum absolute atomic E-state index is 13.2. The van der Waals surface area contributed by atoms with Gasteiger partial charge in [-0.15, -0.1) is 0 Å². The quantitative estimate of drug-likeness (QED) is 0.567. The third-order valence-electron chi connectivity index (χ3n) is 6.25. The molecule has 0 atom stereocenters. The van der Waals surface area contributed by atoms with Crippen molar-refractivity contribution in [1.29, 1.82) is 0 Å². The lowest BCUT2D eigenvalue weighted by Gasteiger charge is -2.36. The highest BCUT2D eigenvalue weighted by Crippen LogP contribution is 2.40. The van der Waals surface area contributed by atoms with Crippen molar-refractivity contribution in [3.8, 4) is 17.2 Å². The van der Waals surface area contributed by atoms with Crippen molar-refractivity contribution in [3.05, 3.63) is 88.9 Å². The summed E-state index contributed by atoms with van der Waals surface area (Å²) in [4.78, 5) is 17.4. The predicted molar refractivity (Wildman–Crippen MR) is 128 cm³/mol. The van der Waals surface area contributed by atoms with E-state index in [1.165, 1.54) is 12.1 Å². The Morgan fingerprint density at radius 3 is 2.56 bits per heavy atom. The maximum Gasteiger partial charge on any atom is 0.231 e.